The van der Waals surface area contributed by atoms with Gasteiger partial charge < -0.3 is 9.47 Å². The molecule has 0 aromatic heterocycles. The quantitative estimate of drug-likeness (QED) is 0.757. The highest BCUT2D eigenvalue weighted by Gasteiger charge is 2.15. The van der Waals surface area contributed by atoms with Gasteiger partial charge in [-0.05, 0) is 24.3 Å². The average Bonchev–Trinajstić information content (AvgIpc) is 2.59. The van der Waals surface area contributed by atoms with Crippen molar-refractivity contribution < 1.29 is 19.1 Å². The molecule has 2 aromatic carbocycles. The number of benzene rings is 2. The molecule has 0 aliphatic carbocycles. The fraction of sp³-hybridized carbons (Fsp3) is 0.235. The third kappa shape index (κ3) is 4.15. The lowest BCUT2D eigenvalue weighted by molar-refractivity contribution is -0.0757. The third-order valence-corrected chi connectivity index (χ3v) is 3.68. The lowest BCUT2D eigenvalue weighted by atomic mass is 10.2. The van der Waals surface area contributed by atoms with E-state index in [0.717, 1.165) is 10.6 Å². The van der Waals surface area contributed by atoms with Gasteiger partial charge in [-0.1, -0.05) is 29.8 Å². The van der Waals surface area contributed by atoms with Crippen molar-refractivity contribution >= 4 is 17.5 Å². The van der Waals surface area contributed by atoms with Crippen LogP contribution < -0.4 is 9.47 Å². The summed E-state index contributed by atoms with van der Waals surface area (Å²) in [6, 6.07) is 12.4. The molecule has 0 unspecified atom stereocenters. The Morgan fingerprint density at radius 3 is 2.52 bits per heavy atom. The molecule has 5 nitrogen and oxygen atoms in total. The van der Waals surface area contributed by atoms with Crippen LogP contribution >= 0.6 is 11.6 Å². The number of amides is 1. The minimum absolute atomic E-state index is 0.275. The van der Waals surface area contributed by atoms with Crippen molar-refractivity contribution in [1.29, 1.82) is 0 Å². The normalized spacial score (nSPS) is 10.3. The second-order valence-corrected chi connectivity index (χ2v) is 5.14. The molecule has 0 bridgehead atoms. The van der Waals surface area contributed by atoms with E-state index >= 15 is 0 Å². The standard InChI is InChI=1S/C17H18ClNO4/c1-19(22-3)17(20)12-8-9-15(16(10-12)21-2)23-11-13-6-4-5-7-14(13)18/h4-10H,11H2,1-3H3. The van der Waals surface area contributed by atoms with E-state index < -0.39 is 0 Å². The number of hydroxylamine groups is 2. The third-order valence-electron chi connectivity index (χ3n) is 3.31. The van der Waals surface area contributed by atoms with Crippen LogP contribution in [0.4, 0.5) is 0 Å². The van der Waals surface area contributed by atoms with E-state index in [4.69, 9.17) is 25.9 Å². The van der Waals surface area contributed by atoms with Gasteiger partial charge in [0.05, 0.1) is 14.2 Å². The highest BCUT2D eigenvalue weighted by Crippen LogP contribution is 2.30. The fourth-order valence-corrected chi connectivity index (χ4v) is 2.15. The Kier molecular flexibility index (Phi) is 5.84. The van der Waals surface area contributed by atoms with E-state index in [0.29, 0.717) is 28.7 Å². The Morgan fingerprint density at radius 2 is 1.87 bits per heavy atom. The van der Waals surface area contributed by atoms with Crippen LogP contribution in [-0.2, 0) is 11.4 Å². The van der Waals surface area contributed by atoms with Crippen molar-refractivity contribution in [3.63, 3.8) is 0 Å². The lowest BCUT2D eigenvalue weighted by Crippen LogP contribution is -2.25. The Labute approximate surface area is 140 Å². The highest BCUT2D eigenvalue weighted by molar-refractivity contribution is 6.31. The summed E-state index contributed by atoms with van der Waals surface area (Å²) in [4.78, 5) is 17.0. The maximum atomic E-state index is 12.1. The van der Waals surface area contributed by atoms with Gasteiger partial charge >= 0.3 is 0 Å². The average molecular weight is 336 g/mol. The van der Waals surface area contributed by atoms with Crippen LogP contribution in [0.1, 0.15) is 15.9 Å². The van der Waals surface area contributed by atoms with Crippen LogP contribution in [-0.4, -0.2) is 32.2 Å². The molecule has 0 fully saturated rings. The first-order chi connectivity index (χ1) is 11.1. The zero-order valence-electron chi connectivity index (χ0n) is 13.2. The first-order valence-corrected chi connectivity index (χ1v) is 7.31. The van der Waals surface area contributed by atoms with E-state index in [2.05, 4.69) is 0 Å². The Morgan fingerprint density at radius 1 is 1.13 bits per heavy atom. The first kappa shape index (κ1) is 17.1. The SMILES string of the molecule is COc1cc(C(=O)N(C)OC)ccc1OCc1ccccc1Cl. The van der Waals surface area contributed by atoms with Gasteiger partial charge in [-0.15, -0.1) is 0 Å². The minimum Gasteiger partial charge on any atom is -0.493 e. The number of ether oxygens (including phenoxy) is 2. The summed E-state index contributed by atoms with van der Waals surface area (Å²) < 4.78 is 11.0. The van der Waals surface area contributed by atoms with Crippen molar-refractivity contribution in [2.75, 3.05) is 21.3 Å². The lowest BCUT2D eigenvalue weighted by Gasteiger charge is -2.16. The molecule has 2 rings (SSSR count). The maximum absolute atomic E-state index is 12.1. The van der Waals surface area contributed by atoms with Crippen molar-refractivity contribution in [2.45, 2.75) is 6.61 Å². The molecule has 0 spiro atoms. The van der Waals surface area contributed by atoms with Crippen LogP contribution in [0.25, 0.3) is 0 Å². The molecule has 0 saturated carbocycles. The first-order valence-electron chi connectivity index (χ1n) is 6.93. The van der Waals surface area contributed by atoms with Crippen LogP contribution in [0.5, 0.6) is 11.5 Å². The van der Waals surface area contributed by atoms with E-state index in [1.807, 2.05) is 18.2 Å². The zero-order valence-corrected chi connectivity index (χ0v) is 14.0. The Balaban J connectivity index is 2.17. The number of nitrogens with zero attached hydrogens (tertiary/aromatic N) is 1. The summed E-state index contributed by atoms with van der Waals surface area (Å²) in [6.07, 6.45) is 0. The molecule has 0 aliphatic rings. The number of methoxy groups -OCH3 is 1. The summed E-state index contributed by atoms with van der Waals surface area (Å²) in [5, 5.41) is 1.78. The van der Waals surface area contributed by atoms with Gasteiger partial charge in [-0.25, -0.2) is 5.06 Å². The topological polar surface area (TPSA) is 48.0 Å². The predicted octanol–water partition coefficient (Wildman–Crippen LogP) is 3.56. The van der Waals surface area contributed by atoms with Gasteiger partial charge in [0, 0.05) is 23.2 Å². The van der Waals surface area contributed by atoms with Crippen molar-refractivity contribution in [3.8, 4) is 11.5 Å². The zero-order chi connectivity index (χ0) is 16.8. The molecule has 0 N–H and O–H groups in total. The summed E-state index contributed by atoms with van der Waals surface area (Å²) in [5.74, 6) is 0.722. The Bertz CT molecular complexity index is 690. The monoisotopic (exact) mass is 335 g/mol. The largest absolute Gasteiger partial charge is 0.493 e. The van der Waals surface area contributed by atoms with E-state index in [1.54, 1.807) is 24.3 Å². The number of rotatable bonds is 6. The Hall–Kier alpha value is -2.24. The molecule has 6 heteroatoms. The van der Waals surface area contributed by atoms with Crippen LogP contribution in [0.15, 0.2) is 42.5 Å². The summed E-state index contributed by atoms with van der Waals surface area (Å²) >= 11 is 6.11. The van der Waals surface area contributed by atoms with Gasteiger partial charge in [0.1, 0.15) is 6.61 Å². The van der Waals surface area contributed by atoms with Gasteiger partial charge in [0.25, 0.3) is 5.91 Å². The van der Waals surface area contributed by atoms with Gasteiger partial charge in [0.15, 0.2) is 11.5 Å². The van der Waals surface area contributed by atoms with Crippen LogP contribution in [0.3, 0.4) is 0 Å². The number of carbonyl (C=O) groups excluding carboxylic acids is 1. The molecular formula is C17H18ClNO4. The predicted molar refractivity (Wildman–Crippen MR) is 87.9 cm³/mol. The smallest absolute Gasteiger partial charge is 0.277 e. The summed E-state index contributed by atoms with van der Waals surface area (Å²) in [7, 11) is 4.48. The molecule has 1 amide bonds. The fourth-order valence-electron chi connectivity index (χ4n) is 1.96. The van der Waals surface area contributed by atoms with Crippen LogP contribution in [0, 0.1) is 0 Å². The molecule has 0 saturated heterocycles. The van der Waals surface area contributed by atoms with Crippen LogP contribution in [0.2, 0.25) is 5.02 Å². The molecule has 2 aromatic rings. The van der Waals surface area contributed by atoms with E-state index in [-0.39, 0.29) is 5.91 Å². The molecule has 122 valence electrons. The second-order valence-electron chi connectivity index (χ2n) is 4.73. The van der Waals surface area contributed by atoms with Crippen molar-refractivity contribution in [1.82, 2.24) is 5.06 Å². The molecular weight excluding hydrogens is 318 g/mol. The number of hydrogen-bond acceptors (Lipinski definition) is 4. The molecule has 0 aliphatic heterocycles. The van der Waals surface area contributed by atoms with Gasteiger partial charge in [-0.2, -0.15) is 0 Å². The van der Waals surface area contributed by atoms with Gasteiger partial charge in [-0.3, -0.25) is 9.63 Å². The van der Waals surface area contributed by atoms with E-state index in [1.165, 1.54) is 21.3 Å². The maximum Gasteiger partial charge on any atom is 0.277 e. The molecule has 0 radical (unpaired) electrons. The van der Waals surface area contributed by atoms with Crippen molar-refractivity contribution in [3.05, 3.63) is 58.6 Å². The van der Waals surface area contributed by atoms with Crippen molar-refractivity contribution in [2.24, 2.45) is 0 Å². The summed E-state index contributed by atoms with van der Waals surface area (Å²) in [6.45, 7) is 0.307. The molecule has 0 atom stereocenters. The molecule has 0 heterocycles. The number of carbonyl (C=O) groups is 1. The number of halogens is 1. The second kappa shape index (κ2) is 7.85. The molecule has 23 heavy (non-hydrogen) atoms. The van der Waals surface area contributed by atoms with Gasteiger partial charge in [0.2, 0.25) is 0 Å². The minimum atomic E-state index is -0.275. The number of hydrogen-bond donors (Lipinski definition) is 0. The van der Waals surface area contributed by atoms with E-state index in [9.17, 15) is 4.79 Å². The highest BCUT2D eigenvalue weighted by atomic mass is 35.5. The summed E-state index contributed by atoms with van der Waals surface area (Å²) in [5.41, 5.74) is 1.31.